The first-order chi connectivity index (χ1) is 13.3. The van der Waals surface area contributed by atoms with Gasteiger partial charge >= 0.3 is 0 Å². The molecule has 0 atom stereocenters. The highest BCUT2D eigenvalue weighted by Crippen LogP contribution is 2.38. The van der Waals surface area contributed by atoms with Crippen LogP contribution in [0.3, 0.4) is 0 Å². The van der Waals surface area contributed by atoms with Crippen molar-refractivity contribution in [3.63, 3.8) is 0 Å². The van der Waals surface area contributed by atoms with E-state index in [9.17, 15) is 0 Å². The molecule has 0 heterocycles. The average Bonchev–Trinajstić information content (AvgIpc) is 2.68. The average molecular weight is 358 g/mol. The molecule has 0 aliphatic rings. The number of anilines is 1. The summed E-state index contributed by atoms with van der Waals surface area (Å²) >= 11 is 0. The summed E-state index contributed by atoms with van der Waals surface area (Å²) in [6.07, 6.45) is 12.1. The lowest BCUT2D eigenvalue weighted by molar-refractivity contribution is 0.576. The number of aryl methyl sites for hydroxylation is 1. The molecular weight excluding hydrogens is 326 g/mol. The van der Waals surface area contributed by atoms with E-state index in [0.29, 0.717) is 0 Å². The molecule has 0 amide bonds. The molecule has 0 aliphatic heterocycles. The van der Waals surface area contributed by atoms with E-state index < -0.39 is 0 Å². The van der Waals surface area contributed by atoms with E-state index in [1.54, 1.807) is 0 Å². The summed E-state index contributed by atoms with van der Waals surface area (Å²) in [5, 5.41) is 8.11. The third kappa shape index (κ3) is 3.74. The molecule has 0 bridgehead atoms. The molecule has 0 spiro atoms. The fourth-order valence-corrected chi connectivity index (χ4v) is 4.60. The molecule has 4 rings (SSSR count). The zero-order chi connectivity index (χ0) is 18.6. The number of unbranched alkanes of at least 4 members (excludes halogenated alkanes) is 7. The minimum atomic E-state index is 0.860. The molecule has 0 radical (unpaired) electrons. The maximum Gasteiger partial charge on any atom is 0.0326 e. The monoisotopic (exact) mass is 357 g/mol. The minimum absolute atomic E-state index is 0.860. The van der Waals surface area contributed by atoms with Crippen LogP contribution in [0.4, 0.5) is 5.69 Å². The molecule has 4 aromatic rings. The first-order valence-electron chi connectivity index (χ1n) is 10.7. The summed E-state index contributed by atoms with van der Waals surface area (Å²) in [4.78, 5) is 0. The number of benzene rings is 4. The molecular formula is C26H31N. The highest BCUT2D eigenvalue weighted by atomic mass is 14.5. The van der Waals surface area contributed by atoms with Crippen molar-refractivity contribution < 1.29 is 0 Å². The van der Waals surface area contributed by atoms with Crippen LogP contribution in [-0.4, -0.2) is 0 Å². The van der Waals surface area contributed by atoms with Crippen LogP contribution in [0.15, 0.2) is 48.5 Å². The lowest BCUT2D eigenvalue weighted by Gasteiger charge is -2.15. The highest BCUT2D eigenvalue weighted by Gasteiger charge is 2.12. The predicted octanol–water partition coefficient (Wildman–Crippen LogP) is 7.85. The van der Waals surface area contributed by atoms with Crippen molar-refractivity contribution in [1.82, 2.24) is 0 Å². The van der Waals surface area contributed by atoms with Crippen molar-refractivity contribution in [2.75, 3.05) is 5.73 Å². The van der Waals surface area contributed by atoms with Crippen LogP contribution in [0.25, 0.3) is 32.3 Å². The van der Waals surface area contributed by atoms with Crippen LogP contribution in [0.5, 0.6) is 0 Å². The zero-order valence-corrected chi connectivity index (χ0v) is 16.6. The van der Waals surface area contributed by atoms with Gasteiger partial charge in [0.05, 0.1) is 0 Å². The Kier molecular flexibility index (Phi) is 5.48. The van der Waals surface area contributed by atoms with Gasteiger partial charge in [0.15, 0.2) is 0 Å². The Morgan fingerprint density at radius 3 is 2.19 bits per heavy atom. The van der Waals surface area contributed by atoms with E-state index in [0.717, 1.165) is 5.69 Å². The van der Waals surface area contributed by atoms with Crippen LogP contribution in [0, 0.1) is 0 Å². The summed E-state index contributed by atoms with van der Waals surface area (Å²) in [6, 6.07) is 17.8. The Bertz CT molecular complexity index is 1030. The van der Waals surface area contributed by atoms with E-state index in [1.807, 2.05) is 0 Å². The van der Waals surface area contributed by atoms with E-state index in [2.05, 4.69) is 55.5 Å². The molecule has 0 aliphatic carbocycles. The fourth-order valence-electron chi connectivity index (χ4n) is 4.60. The van der Waals surface area contributed by atoms with Crippen molar-refractivity contribution in [3.8, 4) is 0 Å². The topological polar surface area (TPSA) is 26.0 Å². The highest BCUT2D eigenvalue weighted by molar-refractivity contribution is 6.24. The molecule has 1 nitrogen and oxygen atoms in total. The molecule has 0 fully saturated rings. The minimum Gasteiger partial charge on any atom is -0.399 e. The van der Waals surface area contributed by atoms with Crippen molar-refractivity contribution in [1.29, 1.82) is 0 Å². The smallest absolute Gasteiger partial charge is 0.0326 e. The quantitative estimate of drug-likeness (QED) is 0.184. The summed E-state index contributed by atoms with van der Waals surface area (Å²) in [6.45, 7) is 2.28. The molecule has 4 aromatic carbocycles. The van der Waals surface area contributed by atoms with E-state index in [4.69, 9.17) is 5.73 Å². The van der Waals surface area contributed by atoms with Crippen molar-refractivity contribution >= 4 is 38.0 Å². The van der Waals surface area contributed by atoms with Crippen LogP contribution >= 0.6 is 0 Å². The molecule has 140 valence electrons. The van der Waals surface area contributed by atoms with E-state index >= 15 is 0 Å². The summed E-state index contributed by atoms with van der Waals surface area (Å²) < 4.78 is 0. The first-order valence-corrected chi connectivity index (χ1v) is 10.7. The molecule has 0 saturated carbocycles. The lowest BCUT2D eigenvalue weighted by atomic mass is 9.89. The molecule has 0 unspecified atom stereocenters. The Morgan fingerprint density at radius 1 is 0.667 bits per heavy atom. The normalized spacial score (nSPS) is 11.9. The van der Waals surface area contributed by atoms with Gasteiger partial charge in [-0.2, -0.15) is 0 Å². The lowest BCUT2D eigenvalue weighted by Crippen LogP contribution is -1.93. The number of hydrogen-bond donors (Lipinski definition) is 1. The maximum absolute atomic E-state index is 6.17. The van der Waals surface area contributed by atoms with Gasteiger partial charge in [0, 0.05) is 5.69 Å². The van der Waals surface area contributed by atoms with Gasteiger partial charge in [-0.1, -0.05) is 88.3 Å². The largest absolute Gasteiger partial charge is 0.399 e. The van der Waals surface area contributed by atoms with Gasteiger partial charge in [-0.15, -0.1) is 0 Å². The molecule has 27 heavy (non-hydrogen) atoms. The summed E-state index contributed by atoms with van der Waals surface area (Å²) in [7, 11) is 0. The Labute approximate surface area is 162 Å². The SMILES string of the molecule is CCCCCCCCCCc1cc2cc(N)cc3ccc4cccc1c4c32. The third-order valence-electron chi connectivity index (χ3n) is 5.99. The van der Waals surface area contributed by atoms with Crippen LogP contribution < -0.4 is 5.73 Å². The molecule has 2 N–H and O–H groups in total. The second-order valence-electron chi connectivity index (χ2n) is 8.07. The third-order valence-corrected chi connectivity index (χ3v) is 5.99. The second-order valence-corrected chi connectivity index (χ2v) is 8.07. The number of nitrogen functional groups attached to an aromatic ring is 1. The van der Waals surface area contributed by atoms with Crippen molar-refractivity contribution in [3.05, 3.63) is 54.1 Å². The van der Waals surface area contributed by atoms with Crippen LogP contribution in [0.1, 0.15) is 63.9 Å². The van der Waals surface area contributed by atoms with Gasteiger partial charge in [-0.05, 0) is 62.9 Å². The maximum atomic E-state index is 6.17. The van der Waals surface area contributed by atoms with Gasteiger partial charge in [0.25, 0.3) is 0 Å². The summed E-state index contributed by atoms with van der Waals surface area (Å²) in [5.41, 5.74) is 8.51. The van der Waals surface area contributed by atoms with Crippen LogP contribution in [0.2, 0.25) is 0 Å². The van der Waals surface area contributed by atoms with Crippen LogP contribution in [-0.2, 0) is 6.42 Å². The van der Waals surface area contributed by atoms with E-state index in [-0.39, 0.29) is 0 Å². The van der Waals surface area contributed by atoms with E-state index in [1.165, 1.54) is 95.7 Å². The Hall–Kier alpha value is -2.28. The fraction of sp³-hybridized carbons (Fsp3) is 0.385. The van der Waals surface area contributed by atoms with Crippen molar-refractivity contribution in [2.24, 2.45) is 0 Å². The van der Waals surface area contributed by atoms with Gasteiger partial charge in [-0.25, -0.2) is 0 Å². The van der Waals surface area contributed by atoms with Crippen molar-refractivity contribution in [2.45, 2.75) is 64.7 Å². The summed E-state index contributed by atoms with van der Waals surface area (Å²) in [5.74, 6) is 0. The van der Waals surface area contributed by atoms with Gasteiger partial charge in [0.1, 0.15) is 0 Å². The predicted molar refractivity (Wildman–Crippen MR) is 121 cm³/mol. The second kappa shape index (κ2) is 8.17. The number of nitrogens with two attached hydrogens (primary N) is 1. The number of hydrogen-bond acceptors (Lipinski definition) is 1. The van der Waals surface area contributed by atoms with Gasteiger partial charge in [0.2, 0.25) is 0 Å². The Balaban J connectivity index is 1.56. The molecule has 0 saturated heterocycles. The zero-order valence-electron chi connectivity index (χ0n) is 16.6. The Morgan fingerprint density at radius 2 is 1.37 bits per heavy atom. The van der Waals surface area contributed by atoms with Gasteiger partial charge in [-0.3, -0.25) is 0 Å². The van der Waals surface area contributed by atoms with Gasteiger partial charge < -0.3 is 5.73 Å². The standard InChI is InChI=1S/C26H31N/c1-2-3-4-5-6-7-8-9-11-20-16-22-18-23(27)17-21-15-14-19-12-10-13-24(20)26(19)25(21)22/h10,12-18H,2-9,11,27H2,1H3. The number of rotatable bonds is 9. The molecule has 0 aromatic heterocycles. The first kappa shape index (κ1) is 18.1. The molecule has 1 heteroatoms.